The fourth-order valence-electron chi connectivity index (χ4n) is 3.61. The molecule has 3 heterocycles. The Kier molecular flexibility index (Phi) is 3.86. The summed E-state index contributed by atoms with van der Waals surface area (Å²) in [5.74, 6) is 0.968. The van der Waals surface area contributed by atoms with Crippen molar-refractivity contribution >= 4 is 0 Å². The molecule has 2 aromatic rings. The average Bonchev–Trinajstić information content (AvgIpc) is 3.18. The first-order chi connectivity index (χ1) is 10.9. The van der Waals surface area contributed by atoms with Gasteiger partial charge in [-0.1, -0.05) is 30.3 Å². The summed E-state index contributed by atoms with van der Waals surface area (Å²) in [5, 5.41) is 12.3. The average molecular weight is 298 g/mol. The summed E-state index contributed by atoms with van der Waals surface area (Å²) in [6.45, 7) is 6.33. The van der Waals surface area contributed by atoms with Gasteiger partial charge in [-0.2, -0.15) is 0 Å². The molecule has 0 N–H and O–H groups in total. The van der Waals surface area contributed by atoms with E-state index in [2.05, 4.69) is 49.6 Å². The third-order valence-corrected chi connectivity index (χ3v) is 4.82. The summed E-state index contributed by atoms with van der Waals surface area (Å²) in [7, 11) is 0. The molecule has 0 aliphatic carbocycles. The minimum absolute atomic E-state index is 0.743. The van der Waals surface area contributed by atoms with Crippen molar-refractivity contribution in [1.82, 2.24) is 30.0 Å². The molecule has 6 heteroatoms. The number of hydrogen-bond donors (Lipinski definition) is 0. The zero-order chi connectivity index (χ0) is 14.8. The van der Waals surface area contributed by atoms with Crippen LogP contribution in [-0.2, 0) is 13.1 Å². The molecule has 22 heavy (non-hydrogen) atoms. The maximum absolute atomic E-state index is 4.24. The molecule has 0 radical (unpaired) electrons. The summed E-state index contributed by atoms with van der Waals surface area (Å²) in [4.78, 5) is 5.13. The predicted molar refractivity (Wildman–Crippen MR) is 83.2 cm³/mol. The minimum atomic E-state index is 0.743. The van der Waals surface area contributed by atoms with Gasteiger partial charge in [0.15, 0.2) is 5.82 Å². The van der Waals surface area contributed by atoms with E-state index in [4.69, 9.17) is 0 Å². The Labute approximate surface area is 130 Å². The van der Waals surface area contributed by atoms with Gasteiger partial charge in [-0.15, -0.1) is 5.10 Å². The molecule has 2 aliphatic rings. The van der Waals surface area contributed by atoms with Gasteiger partial charge in [0, 0.05) is 25.7 Å². The Morgan fingerprint density at radius 2 is 1.95 bits per heavy atom. The van der Waals surface area contributed by atoms with E-state index < -0.39 is 0 Å². The quantitative estimate of drug-likeness (QED) is 0.843. The highest BCUT2D eigenvalue weighted by Crippen LogP contribution is 2.22. The van der Waals surface area contributed by atoms with Gasteiger partial charge in [-0.05, 0) is 35.4 Å². The van der Waals surface area contributed by atoms with Gasteiger partial charge in [-0.25, -0.2) is 4.68 Å². The van der Waals surface area contributed by atoms with E-state index in [1.54, 1.807) is 0 Å². The number of benzene rings is 1. The minimum Gasteiger partial charge on any atom is -0.298 e. The first kappa shape index (κ1) is 13.8. The van der Waals surface area contributed by atoms with Crippen LogP contribution in [-0.4, -0.2) is 62.2 Å². The molecule has 6 nitrogen and oxygen atoms in total. The van der Waals surface area contributed by atoms with Crippen molar-refractivity contribution in [2.75, 3.05) is 26.2 Å². The molecule has 2 fully saturated rings. The number of piperazine rings is 1. The first-order valence-electron chi connectivity index (χ1n) is 8.14. The van der Waals surface area contributed by atoms with Crippen molar-refractivity contribution in [3.05, 3.63) is 41.7 Å². The molecule has 0 amide bonds. The Bertz CT molecular complexity index is 610. The van der Waals surface area contributed by atoms with E-state index >= 15 is 0 Å². The summed E-state index contributed by atoms with van der Waals surface area (Å²) >= 11 is 0. The fourth-order valence-corrected chi connectivity index (χ4v) is 3.61. The SMILES string of the molecule is c1ccc(Cn2nnnc2CN2CCN3CCCC3C2)cc1. The van der Waals surface area contributed by atoms with Crippen molar-refractivity contribution < 1.29 is 0 Å². The molecular formula is C16H22N6. The number of nitrogens with zero attached hydrogens (tertiary/aromatic N) is 6. The van der Waals surface area contributed by atoms with Crippen LogP contribution in [0.3, 0.4) is 0 Å². The zero-order valence-electron chi connectivity index (χ0n) is 12.8. The summed E-state index contributed by atoms with van der Waals surface area (Å²) in [6.07, 6.45) is 2.69. The van der Waals surface area contributed by atoms with E-state index in [0.717, 1.165) is 38.0 Å². The van der Waals surface area contributed by atoms with Gasteiger partial charge < -0.3 is 0 Å². The Morgan fingerprint density at radius 3 is 2.86 bits per heavy atom. The monoisotopic (exact) mass is 298 g/mol. The van der Waals surface area contributed by atoms with Crippen LogP contribution in [0, 0.1) is 0 Å². The maximum Gasteiger partial charge on any atom is 0.165 e. The smallest absolute Gasteiger partial charge is 0.165 e. The molecule has 1 unspecified atom stereocenters. The topological polar surface area (TPSA) is 50.1 Å². The van der Waals surface area contributed by atoms with Crippen LogP contribution in [0.15, 0.2) is 30.3 Å². The highest BCUT2D eigenvalue weighted by atomic mass is 15.5. The summed E-state index contributed by atoms with van der Waals surface area (Å²) < 4.78 is 1.93. The van der Waals surface area contributed by atoms with E-state index in [-0.39, 0.29) is 0 Å². The van der Waals surface area contributed by atoms with Gasteiger partial charge in [0.25, 0.3) is 0 Å². The lowest BCUT2D eigenvalue weighted by molar-refractivity contribution is 0.0963. The number of hydrogen-bond acceptors (Lipinski definition) is 5. The van der Waals surface area contributed by atoms with Crippen LogP contribution < -0.4 is 0 Å². The van der Waals surface area contributed by atoms with Crippen molar-refractivity contribution in [1.29, 1.82) is 0 Å². The fraction of sp³-hybridized carbons (Fsp3) is 0.562. The molecule has 116 valence electrons. The molecule has 2 aliphatic heterocycles. The van der Waals surface area contributed by atoms with Crippen LogP contribution in [0.4, 0.5) is 0 Å². The zero-order valence-corrected chi connectivity index (χ0v) is 12.8. The van der Waals surface area contributed by atoms with E-state index in [1.807, 2.05) is 10.7 Å². The lowest BCUT2D eigenvalue weighted by Crippen LogP contribution is -2.49. The Morgan fingerprint density at radius 1 is 1.05 bits per heavy atom. The molecule has 1 atom stereocenters. The molecule has 0 bridgehead atoms. The molecule has 4 rings (SSSR count). The maximum atomic E-state index is 4.24. The number of tetrazole rings is 1. The van der Waals surface area contributed by atoms with E-state index in [1.165, 1.54) is 31.5 Å². The molecule has 1 aromatic heterocycles. The Hall–Kier alpha value is -1.79. The van der Waals surface area contributed by atoms with Crippen molar-refractivity contribution in [3.8, 4) is 0 Å². The molecular weight excluding hydrogens is 276 g/mol. The molecule has 2 saturated heterocycles. The largest absolute Gasteiger partial charge is 0.298 e. The standard InChI is InChI=1S/C16H22N6/c1-2-5-14(6-3-1)11-22-16(17-18-19-22)13-20-9-10-21-8-4-7-15(21)12-20/h1-3,5-6,15H,4,7-13H2. The van der Waals surface area contributed by atoms with Crippen molar-refractivity contribution in [3.63, 3.8) is 0 Å². The molecule has 0 saturated carbocycles. The highest BCUT2D eigenvalue weighted by molar-refractivity contribution is 5.14. The van der Waals surface area contributed by atoms with Gasteiger partial charge in [0.05, 0.1) is 13.1 Å². The van der Waals surface area contributed by atoms with Crippen molar-refractivity contribution in [2.45, 2.75) is 32.0 Å². The summed E-state index contributed by atoms with van der Waals surface area (Å²) in [6, 6.07) is 11.1. The van der Waals surface area contributed by atoms with Gasteiger partial charge >= 0.3 is 0 Å². The van der Waals surface area contributed by atoms with Gasteiger partial charge in [-0.3, -0.25) is 9.80 Å². The summed E-state index contributed by atoms with van der Waals surface area (Å²) in [5.41, 5.74) is 1.23. The third-order valence-electron chi connectivity index (χ3n) is 4.82. The second-order valence-electron chi connectivity index (χ2n) is 6.31. The molecule has 1 aromatic carbocycles. The van der Waals surface area contributed by atoms with Crippen LogP contribution in [0.5, 0.6) is 0 Å². The molecule has 0 spiro atoms. The highest BCUT2D eigenvalue weighted by Gasteiger charge is 2.30. The number of fused-ring (bicyclic) bond motifs is 1. The van der Waals surface area contributed by atoms with E-state index in [0.29, 0.717) is 0 Å². The van der Waals surface area contributed by atoms with E-state index in [9.17, 15) is 0 Å². The third kappa shape index (κ3) is 2.89. The second kappa shape index (κ2) is 6.14. The first-order valence-corrected chi connectivity index (χ1v) is 8.14. The number of rotatable bonds is 4. The normalized spacial score (nSPS) is 22.8. The van der Waals surface area contributed by atoms with Crippen LogP contribution >= 0.6 is 0 Å². The van der Waals surface area contributed by atoms with Crippen molar-refractivity contribution in [2.24, 2.45) is 0 Å². The lowest BCUT2D eigenvalue weighted by Gasteiger charge is -2.37. The van der Waals surface area contributed by atoms with Gasteiger partial charge in [0.1, 0.15) is 0 Å². The van der Waals surface area contributed by atoms with Gasteiger partial charge in [0.2, 0.25) is 0 Å². The second-order valence-corrected chi connectivity index (χ2v) is 6.31. The van der Waals surface area contributed by atoms with Crippen LogP contribution in [0.25, 0.3) is 0 Å². The Balaban J connectivity index is 1.42. The van der Waals surface area contributed by atoms with Crippen LogP contribution in [0.2, 0.25) is 0 Å². The lowest BCUT2D eigenvalue weighted by atomic mass is 10.1. The number of aromatic nitrogens is 4. The predicted octanol–water partition coefficient (Wildman–Crippen LogP) is 1.00. The van der Waals surface area contributed by atoms with Crippen LogP contribution in [0.1, 0.15) is 24.2 Å².